The summed E-state index contributed by atoms with van der Waals surface area (Å²) in [7, 11) is 0. The second-order valence-corrected chi connectivity index (χ2v) is 11.0. The summed E-state index contributed by atoms with van der Waals surface area (Å²) in [5.74, 6) is -0.278. The zero-order valence-electron chi connectivity index (χ0n) is 22.2. The zero-order valence-corrected chi connectivity index (χ0v) is 23.8. The van der Waals surface area contributed by atoms with Crippen LogP contribution in [0.3, 0.4) is 0 Å². The first kappa shape index (κ1) is 26.5. The molecular weight excluding hydrogens is 550 g/mol. The van der Waals surface area contributed by atoms with Gasteiger partial charge < -0.3 is 9.88 Å². The van der Waals surface area contributed by atoms with Crippen molar-refractivity contribution in [3.8, 4) is 11.3 Å². The van der Waals surface area contributed by atoms with Crippen molar-refractivity contribution in [1.82, 2.24) is 15.0 Å². The molecule has 2 N–H and O–H groups in total. The van der Waals surface area contributed by atoms with Gasteiger partial charge in [0, 0.05) is 56.4 Å². The van der Waals surface area contributed by atoms with Crippen molar-refractivity contribution in [3.05, 3.63) is 136 Å². The molecule has 0 unspecified atom stereocenters. The fourth-order valence-electron chi connectivity index (χ4n) is 4.65. The number of fused-ring (bicyclic) bond motifs is 1. The summed E-state index contributed by atoms with van der Waals surface area (Å²) in [4.78, 5) is 17.5. The number of aryl methyl sites for hydroxylation is 1. The number of carbonyl (C=O) groups excluding carboxylic acids is 1. The third-order valence-electron chi connectivity index (χ3n) is 6.67. The lowest BCUT2D eigenvalue weighted by Crippen LogP contribution is -2.17. The summed E-state index contributed by atoms with van der Waals surface area (Å²) < 4.78 is 2.21. The smallest absolute Gasteiger partial charge is 0.271 e. The highest BCUT2D eigenvalue weighted by Crippen LogP contribution is 2.28. The van der Waals surface area contributed by atoms with Gasteiger partial charge in [-0.15, -0.1) is 11.3 Å². The Morgan fingerprint density at radius 2 is 1.80 bits per heavy atom. The molecule has 0 saturated heterocycles. The number of anilines is 2. The van der Waals surface area contributed by atoms with Crippen molar-refractivity contribution in [2.45, 2.75) is 13.5 Å². The van der Waals surface area contributed by atoms with Gasteiger partial charge in [0.2, 0.25) is 0 Å². The Kier molecular flexibility index (Phi) is 7.63. The lowest BCUT2D eigenvalue weighted by molar-refractivity contribution is 0.0955. The number of hydrazone groups is 1. The largest absolute Gasteiger partial charge is 0.342 e. The van der Waals surface area contributed by atoms with Gasteiger partial charge >= 0.3 is 0 Å². The van der Waals surface area contributed by atoms with Gasteiger partial charge in [0.1, 0.15) is 0 Å². The van der Waals surface area contributed by atoms with Crippen LogP contribution < -0.4 is 10.7 Å². The molecule has 0 atom stereocenters. The number of nitrogens with zero attached hydrogens (tertiary/aromatic N) is 3. The van der Waals surface area contributed by atoms with Crippen molar-refractivity contribution in [1.29, 1.82) is 0 Å². The summed E-state index contributed by atoms with van der Waals surface area (Å²) in [6.07, 6.45) is 3.77. The Bertz CT molecular complexity index is 1860. The predicted molar refractivity (Wildman–Crippen MR) is 170 cm³/mol. The number of aromatic nitrogens is 2. The maximum absolute atomic E-state index is 12.8. The monoisotopic (exact) mass is 575 g/mol. The standard InChI is InChI=1S/C33H26ClN5OS/c1-22-5-4-6-23(17-22)19-39-20-26(29-7-2-3-8-31(29)39)18-35-38-32(40)25-11-9-24(10-12-25)30-21-41-33(37-30)36-28-15-13-27(34)14-16-28/h2-18,20-21H,19H2,1H3,(H,36,37)(H,38,40)/b35-18-. The molecule has 0 aliphatic heterocycles. The van der Waals surface area contributed by atoms with Crippen LogP contribution in [0.1, 0.15) is 27.0 Å². The molecule has 2 aromatic heterocycles. The molecule has 41 heavy (non-hydrogen) atoms. The summed E-state index contributed by atoms with van der Waals surface area (Å²) in [6.45, 7) is 2.86. The number of benzene rings is 4. The summed E-state index contributed by atoms with van der Waals surface area (Å²) >= 11 is 7.47. The topological polar surface area (TPSA) is 71.3 Å². The summed E-state index contributed by atoms with van der Waals surface area (Å²) in [5.41, 5.74) is 10.4. The molecule has 6 aromatic rings. The van der Waals surface area contributed by atoms with Crippen LogP contribution in [0, 0.1) is 6.92 Å². The van der Waals surface area contributed by atoms with Crippen molar-refractivity contribution in [3.63, 3.8) is 0 Å². The first-order valence-corrected chi connectivity index (χ1v) is 14.3. The summed E-state index contributed by atoms with van der Waals surface area (Å²) in [5, 5.41) is 12.1. The van der Waals surface area contributed by atoms with E-state index in [0.29, 0.717) is 10.6 Å². The van der Waals surface area contributed by atoms with E-state index in [1.807, 2.05) is 53.9 Å². The Morgan fingerprint density at radius 1 is 1.00 bits per heavy atom. The number of hydrogen-bond donors (Lipinski definition) is 2. The SMILES string of the molecule is Cc1cccc(Cn2cc(/C=N\NC(=O)c3ccc(-c4csc(Nc5ccc(Cl)cc5)n4)cc3)c3ccccc32)c1. The molecule has 6 rings (SSSR count). The normalized spacial score (nSPS) is 11.3. The lowest BCUT2D eigenvalue weighted by atomic mass is 10.1. The van der Waals surface area contributed by atoms with E-state index in [4.69, 9.17) is 11.6 Å². The fraction of sp³-hybridized carbons (Fsp3) is 0.0606. The lowest BCUT2D eigenvalue weighted by Gasteiger charge is -2.06. The molecule has 0 radical (unpaired) electrons. The highest BCUT2D eigenvalue weighted by atomic mass is 35.5. The number of nitrogens with one attached hydrogen (secondary N) is 2. The van der Waals surface area contributed by atoms with Crippen molar-refractivity contribution >= 4 is 56.8 Å². The van der Waals surface area contributed by atoms with Crippen molar-refractivity contribution < 1.29 is 4.79 Å². The van der Waals surface area contributed by atoms with Crippen LogP contribution >= 0.6 is 22.9 Å². The molecule has 2 heterocycles. The zero-order chi connectivity index (χ0) is 28.2. The molecule has 8 heteroatoms. The third kappa shape index (κ3) is 6.22. The third-order valence-corrected chi connectivity index (χ3v) is 7.68. The van der Waals surface area contributed by atoms with E-state index in [-0.39, 0.29) is 5.91 Å². The number of thiazole rings is 1. The molecule has 0 aliphatic carbocycles. The molecule has 1 amide bonds. The Labute approximate surface area is 247 Å². The van der Waals surface area contributed by atoms with Crippen molar-refractivity contribution in [2.24, 2.45) is 5.10 Å². The maximum Gasteiger partial charge on any atom is 0.271 e. The Hall–Kier alpha value is -4.72. The van der Waals surface area contributed by atoms with Crippen LogP contribution in [0.2, 0.25) is 5.02 Å². The van der Waals surface area contributed by atoms with Gasteiger partial charge in [0.15, 0.2) is 5.13 Å². The highest BCUT2D eigenvalue weighted by molar-refractivity contribution is 7.14. The molecule has 0 aliphatic rings. The number of halogens is 1. The van der Waals surface area contributed by atoms with Crippen LogP contribution in [-0.2, 0) is 6.54 Å². The van der Waals surface area contributed by atoms with E-state index in [1.54, 1.807) is 18.3 Å². The fourth-order valence-corrected chi connectivity index (χ4v) is 5.52. The molecular formula is C33H26ClN5OS. The van der Waals surface area contributed by atoms with Gasteiger partial charge in [-0.2, -0.15) is 5.10 Å². The number of para-hydroxylation sites is 1. The Morgan fingerprint density at radius 3 is 2.61 bits per heavy atom. The van der Waals surface area contributed by atoms with Crippen LogP contribution in [0.15, 0.2) is 114 Å². The van der Waals surface area contributed by atoms with Crippen LogP contribution in [0.4, 0.5) is 10.8 Å². The molecule has 0 fully saturated rings. The average Bonchev–Trinajstić information content (AvgIpc) is 3.59. The van der Waals surface area contributed by atoms with Crippen molar-refractivity contribution in [2.75, 3.05) is 5.32 Å². The van der Waals surface area contributed by atoms with Crippen LogP contribution in [0.25, 0.3) is 22.2 Å². The second kappa shape index (κ2) is 11.8. The molecule has 0 saturated carbocycles. The molecule has 4 aromatic carbocycles. The average molecular weight is 576 g/mol. The second-order valence-electron chi connectivity index (χ2n) is 9.66. The number of amides is 1. The predicted octanol–water partition coefficient (Wildman–Crippen LogP) is 8.28. The molecule has 0 spiro atoms. The first-order chi connectivity index (χ1) is 20.0. The van der Waals surface area contributed by atoms with Crippen LogP contribution in [-0.4, -0.2) is 21.7 Å². The first-order valence-electron chi connectivity index (χ1n) is 13.1. The number of carbonyl (C=O) groups is 1. The minimum absolute atomic E-state index is 0.278. The van der Waals surface area contributed by atoms with E-state index in [0.717, 1.165) is 45.1 Å². The highest BCUT2D eigenvalue weighted by Gasteiger charge is 2.10. The Balaban J connectivity index is 1.11. The molecule has 6 nitrogen and oxygen atoms in total. The quantitative estimate of drug-likeness (QED) is 0.142. The van der Waals surface area contributed by atoms with Gasteiger partial charge in [-0.1, -0.05) is 71.8 Å². The van der Waals surface area contributed by atoms with E-state index in [9.17, 15) is 4.79 Å². The van der Waals surface area contributed by atoms with Gasteiger partial charge in [-0.3, -0.25) is 4.79 Å². The van der Waals surface area contributed by atoms with Gasteiger partial charge in [-0.05, 0) is 55.0 Å². The van der Waals surface area contributed by atoms with Gasteiger partial charge in [0.05, 0.1) is 11.9 Å². The van der Waals surface area contributed by atoms with E-state index < -0.39 is 0 Å². The molecule has 202 valence electrons. The summed E-state index contributed by atoms with van der Waals surface area (Å²) in [6, 6.07) is 31.5. The van der Waals surface area contributed by atoms with Gasteiger partial charge in [0.25, 0.3) is 5.91 Å². The molecule has 0 bridgehead atoms. The van der Waals surface area contributed by atoms with Gasteiger partial charge in [-0.25, -0.2) is 10.4 Å². The minimum atomic E-state index is -0.278. The number of hydrogen-bond acceptors (Lipinski definition) is 5. The van der Waals surface area contributed by atoms with E-state index in [2.05, 4.69) is 74.9 Å². The minimum Gasteiger partial charge on any atom is -0.342 e. The number of rotatable bonds is 8. The maximum atomic E-state index is 12.8. The van der Waals surface area contributed by atoms with Crippen LogP contribution in [0.5, 0.6) is 0 Å². The van der Waals surface area contributed by atoms with E-state index >= 15 is 0 Å². The van der Waals surface area contributed by atoms with E-state index in [1.165, 1.54) is 22.5 Å².